The molecule has 0 bridgehead atoms. The highest BCUT2D eigenvalue weighted by Gasteiger charge is 2.39. The standard InChI is InChI=1S/C17H12Cl2N2O3/c1-24-13-8-3-2-7-12(13)20-15-14(19)16(22)21(17(15)23)11-6-4-5-10(18)9-11/h2-9,20H,1H3. The van der Waals surface area contributed by atoms with Crippen molar-refractivity contribution in [2.45, 2.75) is 0 Å². The Labute approximate surface area is 148 Å². The minimum absolute atomic E-state index is 0.00820. The molecule has 0 spiro atoms. The van der Waals surface area contributed by atoms with Crippen LogP contribution in [0.4, 0.5) is 11.4 Å². The number of carbonyl (C=O) groups is 2. The third kappa shape index (κ3) is 2.84. The predicted molar refractivity (Wildman–Crippen MR) is 93.4 cm³/mol. The molecule has 0 aromatic heterocycles. The summed E-state index contributed by atoms with van der Waals surface area (Å²) in [5.41, 5.74) is 0.876. The van der Waals surface area contributed by atoms with Gasteiger partial charge in [0.2, 0.25) is 0 Å². The first kappa shape index (κ1) is 16.4. The minimum Gasteiger partial charge on any atom is -0.495 e. The summed E-state index contributed by atoms with van der Waals surface area (Å²) in [5.74, 6) is -0.643. The summed E-state index contributed by atoms with van der Waals surface area (Å²) >= 11 is 12.0. The zero-order valence-corrected chi connectivity index (χ0v) is 14.1. The molecule has 122 valence electrons. The summed E-state index contributed by atoms with van der Waals surface area (Å²) in [4.78, 5) is 26.0. The maximum absolute atomic E-state index is 12.7. The average Bonchev–Trinajstić information content (AvgIpc) is 2.79. The topological polar surface area (TPSA) is 58.6 Å². The second-order valence-electron chi connectivity index (χ2n) is 4.94. The molecule has 5 nitrogen and oxygen atoms in total. The molecule has 0 atom stereocenters. The summed E-state index contributed by atoms with van der Waals surface area (Å²) in [6.07, 6.45) is 0. The molecule has 1 heterocycles. The molecule has 0 unspecified atom stereocenters. The monoisotopic (exact) mass is 362 g/mol. The molecule has 2 aromatic carbocycles. The van der Waals surface area contributed by atoms with E-state index in [-0.39, 0.29) is 10.7 Å². The smallest absolute Gasteiger partial charge is 0.283 e. The number of benzene rings is 2. The number of nitrogens with one attached hydrogen (secondary N) is 1. The van der Waals surface area contributed by atoms with Crippen LogP contribution in [0.2, 0.25) is 5.02 Å². The highest BCUT2D eigenvalue weighted by Crippen LogP contribution is 2.33. The first-order valence-electron chi connectivity index (χ1n) is 6.97. The number of hydrogen-bond donors (Lipinski definition) is 1. The second kappa shape index (κ2) is 6.55. The van der Waals surface area contributed by atoms with Gasteiger partial charge < -0.3 is 10.1 Å². The third-order valence-corrected chi connectivity index (χ3v) is 4.05. The van der Waals surface area contributed by atoms with Crippen LogP contribution >= 0.6 is 23.2 Å². The Morgan fingerprint density at radius 3 is 2.46 bits per heavy atom. The van der Waals surface area contributed by atoms with Crippen molar-refractivity contribution in [1.82, 2.24) is 0 Å². The number of amides is 2. The van der Waals surface area contributed by atoms with Gasteiger partial charge in [0.05, 0.1) is 18.5 Å². The maximum atomic E-state index is 12.7. The Morgan fingerprint density at radius 2 is 1.75 bits per heavy atom. The van der Waals surface area contributed by atoms with Crippen molar-refractivity contribution >= 4 is 46.4 Å². The van der Waals surface area contributed by atoms with Crippen LogP contribution < -0.4 is 15.0 Å². The van der Waals surface area contributed by atoms with E-state index in [2.05, 4.69) is 5.32 Å². The molecule has 0 saturated carbocycles. The molecule has 0 aliphatic carbocycles. The van der Waals surface area contributed by atoms with Crippen molar-refractivity contribution < 1.29 is 14.3 Å². The van der Waals surface area contributed by atoms with E-state index in [1.165, 1.54) is 13.2 Å². The largest absolute Gasteiger partial charge is 0.495 e. The first-order valence-corrected chi connectivity index (χ1v) is 7.72. The fourth-order valence-electron chi connectivity index (χ4n) is 2.34. The van der Waals surface area contributed by atoms with Crippen LogP contribution in [-0.4, -0.2) is 18.9 Å². The highest BCUT2D eigenvalue weighted by molar-refractivity contribution is 6.53. The lowest BCUT2D eigenvalue weighted by Gasteiger charge is -2.16. The van der Waals surface area contributed by atoms with E-state index in [1.54, 1.807) is 42.5 Å². The molecule has 3 rings (SSSR count). The van der Waals surface area contributed by atoms with Crippen molar-refractivity contribution in [3.8, 4) is 5.75 Å². The van der Waals surface area contributed by atoms with E-state index >= 15 is 0 Å². The maximum Gasteiger partial charge on any atom is 0.283 e. The third-order valence-electron chi connectivity index (χ3n) is 3.46. The van der Waals surface area contributed by atoms with Gasteiger partial charge in [0.15, 0.2) is 0 Å². The van der Waals surface area contributed by atoms with E-state index in [4.69, 9.17) is 27.9 Å². The summed E-state index contributed by atoms with van der Waals surface area (Å²) in [7, 11) is 1.51. The van der Waals surface area contributed by atoms with Crippen molar-refractivity contribution in [2.24, 2.45) is 0 Å². The zero-order valence-electron chi connectivity index (χ0n) is 12.5. The molecule has 1 N–H and O–H groups in total. The van der Waals surface area contributed by atoms with E-state index in [0.29, 0.717) is 22.1 Å². The van der Waals surface area contributed by atoms with Crippen LogP contribution in [0, 0.1) is 0 Å². The van der Waals surface area contributed by atoms with Crippen LogP contribution in [0.1, 0.15) is 0 Å². The summed E-state index contributed by atoms with van der Waals surface area (Å²) in [6.45, 7) is 0. The molecule has 0 radical (unpaired) electrons. The van der Waals surface area contributed by atoms with Crippen molar-refractivity contribution in [2.75, 3.05) is 17.3 Å². The van der Waals surface area contributed by atoms with Gasteiger partial charge in [-0.25, -0.2) is 4.90 Å². The Balaban J connectivity index is 1.95. The molecular weight excluding hydrogens is 351 g/mol. The second-order valence-corrected chi connectivity index (χ2v) is 5.75. The van der Waals surface area contributed by atoms with Crippen LogP contribution in [0.25, 0.3) is 0 Å². The van der Waals surface area contributed by atoms with Gasteiger partial charge in [-0.1, -0.05) is 41.4 Å². The van der Waals surface area contributed by atoms with Gasteiger partial charge in [-0.3, -0.25) is 9.59 Å². The van der Waals surface area contributed by atoms with E-state index in [1.807, 2.05) is 0 Å². The number of imide groups is 1. The fraction of sp³-hybridized carbons (Fsp3) is 0.0588. The Kier molecular flexibility index (Phi) is 4.46. The number of halogens is 2. The lowest BCUT2D eigenvalue weighted by molar-refractivity contribution is -0.120. The molecule has 2 amide bonds. The van der Waals surface area contributed by atoms with E-state index in [9.17, 15) is 9.59 Å². The number of para-hydroxylation sites is 2. The normalized spacial score (nSPS) is 14.4. The van der Waals surface area contributed by atoms with Gasteiger partial charge in [-0.2, -0.15) is 0 Å². The Bertz CT molecular complexity index is 864. The lowest BCUT2D eigenvalue weighted by atomic mass is 10.2. The first-order chi connectivity index (χ1) is 11.5. The SMILES string of the molecule is COc1ccccc1NC1=C(Cl)C(=O)N(c2cccc(Cl)c2)C1=O. The van der Waals surface area contributed by atoms with Crippen LogP contribution in [0.3, 0.4) is 0 Å². The number of rotatable bonds is 4. The van der Waals surface area contributed by atoms with Gasteiger partial charge in [0.25, 0.3) is 11.8 Å². The number of carbonyl (C=O) groups excluding carboxylic acids is 2. The molecule has 2 aromatic rings. The number of methoxy groups -OCH3 is 1. The number of ether oxygens (including phenoxy) is 1. The van der Waals surface area contributed by atoms with Crippen LogP contribution in [0.5, 0.6) is 5.75 Å². The van der Waals surface area contributed by atoms with Gasteiger partial charge in [0, 0.05) is 5.02 Å². The molecule has 7 heteroatoms. The zero-order chi connectivity index (χ0) is 17.3. The number of anilines is 2. The fourth-order valence-corrected chi connectivity index (χ4v) is 2.74. The Morgan fingerprint density at radius 1 is 1.00 bits per heavy atom. The van der Waals surface area contributed by atoms with Gasteiger partial charge in [-0.15, -0.1) is 0 Å². The molecule has 1 aliphatic heterocycles. The number of nitrogens with zero attached hydrogens (tertiary/aromatic N) is 1. The molecule has 0 saturated heterocycles. The quantitative estimate of drug-likeness (QED) is 0.840. The minimum atomic E-state index is -0.610. The average molecular weight is 363 g/mol. The van der Waals surface area contributed by atoms with Crippen molar-refractivity contribution in [1.29, 1.82) is 0 Å². The lowest BCUT2D eigenvalue weighted by Crippen LogP contribution is -2.32. The summed E-state index contributed by atoms with van der Waals surface area (Å²) in [5, 5.41) is 3.11. The number of hydrogen-bond acceptors (Lipinski definition) is 4. The molecular formula is C17H12Cl2N2O3. The highest BCUT2D eigenvalue weighted by atomic mass is 35.5. The van der Waals surface area contributed by atoms with Crippen LogP contribution in [-0.2, 0) is 9.59 Å². The van der Waals surface area contributed by atoms with Gasteiger partial charge in [-0.05, 0) is 30.3 Å². The van der Waals surface area contributed by atoms with Crippen molar-refractivity contribution in [3.63, 3.8) is 0 Å². The molecule has 1 aliphatic rings. The molecule has 24 heavy (non-hydrogen) atoms. The van der Waals surface area contributed by atoms with Crippen LogP contribution in [0.15, 0.2) is 59.3 Å². The molecule has 0 fully saturated rings. The summed E-state index contributed by atoms with van der Waals surface area (Å²) < 4.78 is 5.22. The van der Waals surface area contributed by atoms with Crippen molar-refractivity contribution in [3.05, 3.63) is 64.3 Å². The summed E-state index contributed by atoms with van der Waals surface area (Å²) in [6, 6.07) is 13.4. The van der Waals surface area contributed by atoms with Gasteiger partial charge >= 0.3 is 0 Å². The Hall–Kier alpha value is -2.50. The van der Waals surface area contributed by atoms with Gasteiger partial charge in [0.1, 0.15) is 16.5 Å². The van der Waals surface area contributed by atoms with E-state index in [0.717, 1.165) is 4.90 Å². The predicted octanol–water partition coefficient (Wildman–Crippen LogP) is 3.78. The van der Waals surface area contributed by atoms with E-state index < -0.39 is 11.8 Å².